The Morgan fingerprint density at radius 3 is 1.73 bits per heavy atom. The molecular weight excluding hydrogens is 264 g/mol. The molecule has 0 atom stereocenters. The lowest BCUT2D eigenvalue weighted by Gasteiger charge is -2.07. The molecule has 2 aromatic rings. The number of benzene rings is 2. The van der Waals surface area contributed by atoms with Gasteiger partial charge in [0.15, 0.2) is 0 Å². The summed E-state index contributed by atoms with van der Waals surface area (Å²) in [5, 5.41) is 0. The van der Waals surface area contributed by atoms with Crippen molar-refractivity contribution in [3.8, 4) is 0 Å². The molecule has 112 valence electrons. The van der Waals surface area contributed by atoms with Crippen LogP contribution in [0.15, 0.2) is 72.8 Å². The molecule has 1 saturated carbocycles. The molecule has 3 rings (SSSR count). The van der Waals surface area contributed by atoms with Crippen LogP contribution in [0, 0.1) is 11.8 Å². The number of hydrogen-bond donors (Lipinski definition) is 0. The molecule has 0 N–H and O–H groups in total. The highest BCUT2D eigenvalue weighted by molar-refractivity contribution is 5.52. The maximum absolute atomic E-state index is 2.36. The van der Waals surface area contributed by atoms with Crippen molar-refractivity contribution >= 4 is 12.2 Å². The van der Waals surface area contributed by atoms with Crippen molar-refractivity contribution in [3.63, 3.8) is 0 Å². The van der Waals surface area contributed by atoms with Crippen molar-refractivity contribution < 1.29 is 0 Å². The van der Waals surface area contributed by atoms with E-state index in [0.29, 0.717) is 5.92 Å². The van der Waals surface area contributed by atoms with Gasteiger partial charge in [-0.2, -0.15) is 0 Å². The topological polar surface area (TPSA) is 0 Å². The summed E-state index contributed by atoms with van der Waals surface area (Å²) in [4.78, 5) is 0. The summed E-state index contributed by atoms with van der Waals surface area (Å²) in [7, 11) is 0. The Morgan fingerprint density at radius 2 is 1.27 bits per heavy atom. The first kappa shape index (κ1) is 14.8. The Hall–Kier alpha value is -2.08. The van der Waals surface area contributed by atoms with E-state index in [2.05, 4.69) is 85.0 Å². The van der Waals surface area contributed by atoms with Crippen LogP contribution in [0.2, 0.25) is 0 Å². The summed E-state index contributed by atoms with van der Waals surface area (Å²) < 4.78 is 0. The maximum atomic E-state index is 2.36. The molecule has 2 aromatic carbocycles. The Bertz CT molecular complexity index is 554. The SMILES string of the molecule is C(=CC(C=Cc1ccccc1)CCC1CC1)c1ccccc1. The number of rotatable bonds is 7. The van der Waals surface area contributed by atoms with Gasteiger partial charge in [0.05, 0.1) is 0 Å². The van der Waals surface area contributed by atoms with Crippen molar-refractivity contribution in [2.75, 3.05) is 0 Å². The Balaban J connectivity index is 1.65. The quantitative estimate of drug-likeness (QED) is 0.567. The van der Waals surface area contributed by atoms with Crippen molar-refractivity contribution in [1.29, 1.82) is 0 Å². The highest BCUT2D eigenvalue weighted by Crippen LogP contribution is 2.35. The van der Waals surface area contributed by atoms with Crippen molar-refractivity contribution in [1.82, 2.24) is 0 Å². The zero-order valence-corrected chi connectivity index (χ0v) is 13.1. The van der Waals surface area contributed by atoms with Crippen LogP contribution in [-0.2, 0) is 0 Å². The summed E-state index contributed by atoms with van der Waals surface area (Å²) in [5.74, 6) is 1.53. The van der Waals surface area contributed by atoms with Gasteiger partial charge in [-0.25, -0.2) is 0 Å². The first-order chi connectivity index (χ1) is 10.9. The molecule has 0 aliphatic heterocycles. The molecule has 1 aliphatic carbocycles. The minimum absolute atomic E-state index is 0.529. The van der Waals surface area contributed by atoms with Crippen LogP contribution in [0.4, 0.5) is 0 Å². The highest BCUT2D eigenvalue weighted by atomic mass is 14.3. The van der Waals surface area contributed by atoms with Crippen molar-refractivity contribution in [2.24, 2.45) is 11.8 Å². The van der Waals surface area contributed by atoms with Gasteiger partial charge in [0, 0.05) is 0 Å². The second-order valence-corrected chi connectivity index (χ2v) is 6.22. The van der Waals surface area contributed by atoms with Gasteiger partial charge in [-0.05, 0) is 35.8 Å². The van der Waals surface area contributed by atoms with E-state index in [-0.39, 0.29) is 0 Å². The monoisotopic (exact) mass is 288 g/mol. The third-order valence-corrected chi connectivity index (χ3v) is 4.28. The summed E-state index contributed by atoms with van der Waals surface area (Å²) in [6.45, 7) is 0. The van der Waals surface area contributed by atoms with E-state index in [1.54, 1.807) is 0 Å². The largest absolute Gasteiger partial charge is 0.0770 e. The molecule has 0 amide bonds. The highest BCUT2D eigenvalue weighted by Gasteiger charge is 2.21. The van der Waals surface area contributed by atoms with Gasteiger partial charge in [-0.3, -0.25) is 0 Å². The normalized spacial score (nSPS) is 16.4. The molecule has 1 aliphatic rings. The molecule has 0 unspecified atom stereocenters. The summed E-state index contributed by atoms with van der Waals surface area (Å²) in [6, 6.07) is 21.2. The smallest absolute Gasteiger partial charge is 0.00467 e. The van der Waals surface area contributed by atoms with Gasteiger partial charge in [0.25, 0.3) is 0 Å². The van der Waals surface area contributed by atoms with E-state index >= 15 is 0 Å². The minimum Gasteiger partial charge on any atom is -0.0770 e. The Kier molecular flexibility index (Phi) is 5.26. The van der Waals surface area contributed by atoms with Crippen LogP contribution >= 0.6 is 0 Å². The predicted molar refractivity (Wildman–Crippen MR) is 96.4 cm³/mol. The summed E-state index contributed by atoms with van der Waals surface area (Å²) in [6.07, 6.45) is 14.7. The van der Waals surface area contributed by atoms with Crippen LogP contribution in [0.1, 0.15) is 36.8 Å². The molecule has 0 heterocycles. The molecule has 0 radical (unpaired) electrons. The molecule has 0 aromatic heterocycles. The van der Waals surface area contributed by atoms with Crippen LogP contribution in [0.5, 0.6) is 0 Å². The molecule has 0 heteroatoms. The van der Waals surface area contributed by atoms with Gasteiger partial charge < -0.3 is 0 Å². The van der Waals surface area contributed by atoms with Crippen LogP contribution in [0.25, 0.3) is 12.2 Å². The van der Waals surface area contributed by atoms with E-state index in [9.17, 15) is 0 Å². The molecular formula is C22H24. The van der Waals surface area contributed by atoms with Gasteiger partial charge in [0.1, 0.15) is 0 Å². The predicted octanol–water partition coefficient (Wildman–Crippen LogP) is 6.22. The standard InChI is InChI=1S/C22H24/c1-3-7-19(8-4-1)11-13-21(15-16-22-17-18-22)14-12-20-9-5-2-6-10-20/h1-14,21-22H,15-18H2. The third kappa shape index (κ3) is 5.04. The first-order valence-corrected chi connectivity index (χ1v) is 8.37. The molecule has 22 heavy (non-hydrogen) atoms. The lowest BCUT2D eigenvalue weighted by atomic mass is 9.98. The maximum Gasteiger partial charge on any atom is -0.00467 e. The molecule has 0 saturated heterocycles. The van der Waals surface area contributed by atoms with E-state index < -0.39 is 0 Å². The average molecular weight is 288 g/mol. The number of allylic oxidation sites excluding steroid dienone is 2. The minimum atomic E-state index is 0.529. The van der Waals surface area contributed by atoms with Crippen molar-refractivity contribution in [2.45, 2.75) is 25.7 Å². The summed E-state index contributed by atoms with van der Waals surface area (Å²) in [5.41, 5.74) is 2.57. The van der Waals surface area contributed by atoms with Crippen LogP contribution in [-0.4, -0.2) is 0 Å². The lowest BCUT2D eigenvalue weighted by molar-refractivity contribution is 0.608. The van der Waals surface area contributed by atoms with E-state index in [1.165, 1.54) is 36.8 Å². The van der Waals surface area contributed by atoms with Crippen molar-refractivity contribution in [3.05, 3.63) is 83.9 Å². The van der Waals surface area contributed by atoms with E-state index in [4.69, 9.17) is 0 Å². The van der Waals surface area contributed by atoms with Crippen LogP contribution < -0.4 is 0 Å². The zero-order chi connectivity index (χ0) is 15.0. The fourth-order valence-electron chi connectivity index (χ4n) is 2.69. The lowest BCUT2D eigenvalue weighted by Crippen LogP contribution is -1.93. The fourth-order valence-corrected chi connectivity index (χ4v) is 2.69. The van der Waals surface area contributed by atoms with Crippen LogP contribution in [0.3, 0.4) is 0 Å². The van der Waals surface area contributed by atoms with Gasteiger partial charge in [-0.15, -0.1) is 0 Å². The average Bonchev–Trinajstić information content (AvgIpc) is 3.40. The second kappa shape index (κ2) is 7.79. The molecule has 1 fully saturated rings. The fraction of sp³-hybridized carbons (Fsp3) is 0.273. The van der Waals surface area contributed by atoms with E-state index in [1.807, 2.05) is 0 Å². The summed E-state index contributed by atoms with van der Waals surface area (Å²) >= 11 is 0. The molecule has 0 spiro atoms. The number of hydrogen-bond acceptors (Lipinski definition) is 0. The van der Waals surface area contributed by atoms with Gasteiger partial charge in [-0.1, -0.05) is 97.8 Å². The van der Waals surface area contributed by atoms with Gasteiger partial charge >= 0.3 is 0 Å². The Morgan fingerprint density at radius 1 is 0.773 bits per heavy atom. The van der Waals surface area contributed by atoms with E-state index in [0.717, 1.165) is 5.92 Å². The Labute approximate surface area is 134 Å². The third-order valence-electron chi connectivity index (χ3n) is 4.28. The molecule has 0 bridgehead atoms. The molecule has 0 nitrogen and oxygen atoms in total. The first-order valence-electron chi connectivity index (χ1n) is 8.37. The second-order valence-electron chi connectivity index (χ2n) is 6.22. The zero-order valence-electron chi connectivity index (χ0n) is 13.1. The van der Waals surface area contributed by atoms with Gasteiger partial charge in [0.2, 0.25) is 0 Å².